The summed E-state index contributed by atoms with van der Waals surface area (Å²) < 4.78 is 37.0. The molecular weight excluding hydrogens is 274 g/mol. The van der Waals surface area contributed by atoms with Gasteiger partial charge in [-0.1, -0.05) is 0 Å². The maximum absolute atomic E-state index is 12.4. The third-order valence-electron chi connectivity index (χ3n) is 1.09. The number of hydrogen-bond acceptors (Lipinski definition) is 0. The zero-order valence-corrected chi connectivity index (χ0v) is 10.1. The molecule has 0 aliphatic carbocycles. The summed E-state index contributed by atoms with van der Waals surface area (Å²) in [5.41, 5.74) is 0. The fourth-order valence-electron chi connectivity index (χ4n) is 0.564. The summed E-state index contributed by atoms with van der Waals surface area (Å²) in [5, 5.41) is 0. The zero-order chi connectivity index (χ0) is 7.72. The summed E-state index contributed by atoms with van der Waals surface area (Å²) in [7, 11) is 0. The predicted molar refractivity (Wildman–Crippen MR) is 36.3 cm³/mol. The van der Waals surface area contributed by atoms with Gasteiger partial charge in [0.1, 0.15) is 0 Å². The fourth-order valence-corrected chi connectivity index (χ4v) is 1.15. The van der Waals surface area contributed by atoms with E-state index >= 15 is 0 Å². The molecule has 0 aliphatic rings. The van der Waals surface area contributed by atoms with E-state index in [1.807, 2.05) is 0 Å². The Kier molecular flexibility index (Phi) is 4.26. The molecule has 0 nitrogen and oxygen atoms in total. The standard InChI is InChI=1S/C6H2F3.BrH.Zn/c7-4-1-2-5(8)6(9)3-4;;/h2-3H;1H;. The molecule has 0 bridgehead atoms. The summed E-state index contributed by atoms with van der Waals surface area (Å²) in [6.45, 7) is 0. The van der Waals surface area contributed by atoms with Crippen molar-refractivity contribution in [2.45, 2.75) is 0 Å². The monoisotopic (exact) mass is 275 g/mol. The second-order valence-corrected chi connectivity index (χ2v) is 3.46. The molecule has 0 saturated heterocycles. The van der Waals surface area contributed by atoms with Crippen molar-refractivity contribution < 1.29 is 31.5 Å². The molecule has 0 atom stereocenters. The van der Waals surface area contributed by atoms with E-state index in [1.54, 1.807) is 0 Å². The van der Waals surface area contributed by atoms with Crippen molar-refractivity contribution in [3.05, 3.63) is 29.6 Å². The van der Waals surface area contributed by atoms with Crippen molar-refractivity contribution in [2.24, 2.45) is 0 Å². The van der Waals surface area contributed by atoms with Crippen LogP contribution in [0.25, 0.3) is 0 Å². The average Bonchev–Trinajstić information content (AvgIpc) is 1.84. The molecule has 0 fully saturated rings. The summed E-state index contributed by atoms with van der Waals surface area (Å²) in [6, 6.07) is 1.44. The van der Waals surface area contributed by atoms with Gasteiger partial charge in [-0.3, -0.25) is 0 Å². The molecule has 0 N–H and O–H groups in total. The SMILES string of the molecule is Br.Fc1cc(F)[c]([Zn])cc1F. The van der Waals surface area contributed by atoms with E-state index in [-0.39, 0.29) is 21.1 Å². The van der Waals surface area contributed by atoms with Gasteiger partial charge in [-0.25, -0.2) is 0 Å². The number of rotatable bonds is 0. The topological polar surface area (TPSA) is 0 Å². The third-order valence-corrected chi connectivity index (χ3v) is 2.23. The van der Waals surface area contributed by atoms with Gasteiger partial charge in [0, 0.05) is 0 Å². The minimum atomic E-state index is -1.13. The number of hydrogen-bond donors (Lipinski definition) is 0. The second-order valence-electron chi connectivity index (χ2n) is 1.86. The van der Waals surface area contributed by atoms with Crippen LogP contribution in [0.15, 0.2) is 12.1 Å². The van der Waals surface area contributed by atoms with E-state index < -0.39 is 17.5 Å². The zero-order valence-electron chi connectivity index (χ0n) is 5.40. The molecule has 57 valence electrons. The molecule has 1 aromatic carbocycles. The van der Waals surface area contributed by atoms with E-state index in [2.05, 4.69) is 0 Å². The van der Waals surface area contributed by atoms with E-state index in [4.69, 9.17) is 0 Å². The Hall–Kier alpha value is 0.113. The molecule has 5 heteroatoms. The van der Waals surface area contributed by atoms with Crippen molar-refractivity contribution in [3.8, 4) is 0 Å². The first-order chi connectivity index (χ1) is 4.61. The quantitative estimate of drug-likeness (QED) is 0.501. The number of halogens is 4. The van der Waals surface area contributed by atoms with Crippen LogP contribution in [-0.4, -0.2) is 0 Å². The van der Waals surface area contributed by atoms with Crippen molar-refractivity contribution in [3.63, 3.8) is 0 Å². The molecule has 0 aliphatic heterocycles. The van der Waals surface area contributed by atoms with Gasteiger partial charge in [0.05, 0.1) is 0 Å². The van der Waals surface area contributed by atoms with Crippen molar-refractivity contribution in [1.82, 2.24) is 0 Å². The van der Waals surface area contributed by atoms with Crippen LogP contribution in [0, 0.1) is 17.5 Å². The van der Waals surface area contributed by atoms with Crippen LogP contribution in [0.2, 0.25) is 0 Å². The Labute approximate surface area is 82.2 Å². The van der Waals surface area contributed by atoms with Gasteiger partial charge < -0.3 is 0 Å². The van der Waals surface area contributed by atoms with Gasteiger partial charge in [0.15, 0.2) is 0 Å². The molecule has 0 unspecified atom stereocenters. The van der Waals surface area contributed by atoms with E-state index in [0.29, 0.717) is 24.4 Å². The molecule has 0 aromatic heterocycles. The normalized spacial score (nSPS) is 9.18. The first-order valence-corrected chi connectivity index (χ1v) is 4.06. The molecule has 1 aromatic rings. The van der Waals surface area contributed by atoms with Crippen molar-refractivity contribution in [2.75, 3.05) is 0 Å². The first kappa shape index (κ1) is 11.1. The summed E-state index contributed by atoms with van der Waals surface area (Å²) in [5.74, 6) is -2.78. The van der Waals surface area contributed by atoms with Gasteiger partial charge in [0.2, 0.25) is 0 Å². The van der Waals surface area contributed by atoms with Crippen LogP contribution >= 0.6 is 17.0 Å². The van der Waals surface area contributed by atoms with Crippen molar-refractivity contribution in [1.29, 1.82) is 0 Å². The van der Waals surface area contributed by atoms with Gasteiger partial charge in [-0.15, -0.1) is 17.0 Å². The number of benzene rings is 1. The molecule has 0 radical (unpaired) electrons. The molecule has 11 heavy (non-hydrogen) atoms. The Bertz CT molecular complexity index is 214. The van der Waals surface area contributed by atoms with Crippen molar-refractivity contribution >= 4 is 21.1 Å². The Morgan fingerprint density at radius 3 is 1.82 bits per heavy atom. The van der Waals surface area contributed by atoms with Crippen LogP contribution in [0.4, 0.5) is 13.2 Å². The third kappa shape index (κ3) is 2.56. The Morgan fingerprint density at radius 1 is 0.909 bits per heavy atom. The second kappa shape index (κ2) is 4.22. The average molecular weight is 277 g/mol. The molecule has 0 spiro atoms. The van der Waals surface area contributed by atoms with E-state index in [9.17, 15) is 13.2 Å². The molecular formula is C6H3BrF3Zn. The van der Waals surface area contributed by atoms with Crippen LogP contribution in [0.3, 0.4) is 0 Å². The van der Waals surface area contributed by atoms with Gasteiger partial charge in [0.25, 0.3) is 0 Å². The Morgan fingerprint density at radius 2 is 1.36 bits per heavy atom. The van der Waals surface area contributed by atoms with Crippen LogP contribution in [-0.2, 0) is 18.3 Å². The van der Waals surface area contributed by atoms with E-state index in [0.717, 1.165) is 6.07 Å². The van der Waals surface area contributed by atoms with Crippen LogP contribution < -0.4 is 4.16 Å². The van der Waals surface area contributed by atoms with Gasteiger partial charge >= 0.3 is 65.2 Å². The molecule has 0 saturated carbocycles. The summed E-state index contributed by atoms with van der Waals surface area (Å²) in [4.78, 5) is 0. The first-order valence-electron chi connectivity index (χ1n) is 2.58. The molecule has 1 rings (SSSR count). The van der Waals surface area contributed by atoms with Crippen LogP contribution in [0.5, 0.6) is 0 Å². The molecule has 0 heterocycles. The minimum absolute atomic E-state index is 0. The van der Waals surface area contributed by atoms with E-state index in [1.165, 1.54) is 0 Å². The fraction of sp³-hybridized carbons (Fsp3) is 0. The summed E-state index contributed by atoms with van der Waals surface area (Å²) >= 11 is 0.489. The molecule has 0 amide bonds. The van der Waals surface area contributed by atoms with Gasteiger partial charge in [-0.2, -0.15) is 0 Å². The predicted octanol–water partition coefficient (Wildman–Crippen LogP) is 1.85. The summed E-state index contributed by atoms with van der Waals surface area (Å²) in [6.07, 6.45) is 0. The van der Waals surface area contributed by atoms with Crippen LogP contribution in [0.1, 0.15) is 0 Å². The van der Waals surface area contributed by atoms with Gasteiger partial charge in [-0.05, 0) is 0 Å². The Balaban J connectivity index is 0.000001000. The maximum atomic E-state index is 12.4.